The molecule has 1 heterocycles. The number of hydrogen-bond acceptors (Lipinski definition) is 10. The lowest BCUT2D eigenvalue weighted by Gasteiger charge is -2.39. The van der Waals surface area contributed by atoms with E-state index < -0.39 is 49.4 Å². The summed E-state index contributed by atoms with van der Waals surface area (Å²) in [5.74, 6) is -0.851. The highest BCUT2D eigenvalue weighted by Crippen LogP contribution is 2.23. The van der Waals surface area contributed by atoms with Crippen molar-refractivity contribution in [2.24, 2.45) is 0 Å². The van der Waals surface area contributed by atoms with Crippen molar-refractivity contribution in [2.45, 2.75) is 224 Å². The van der Waals surface area contributed by atoms with Crippen molar-refractivity contribution in [2.75, 3.05) is 19.8 Å². The van der Waals surface area contributed by atoms with E-state index >= 15 is 0 Å². The molecule has 0 amide bonds. The summed E-state index contributed by atoms with van der Waals surface area (Å²) in [7, 11) is 0. The van der Waals surface area contributed by atoms with Crippen molar-refractivity contribution in [3.8, 4) is 0 Å². The van der Waals surface area contributed by atoms with Gasteiger partial charge in [0.05, 0.1) is 13.2 Å². The molecule has 58 heavy (non-hydrogen) atoms. The third kappa shape index (κ3) is 29.8. The molecule has 0 aliphatic carbocycles. The van der Waals surface area contributed by atoms with Gasteiger partial charge in [0.1, 0.15) is 31.0 Å². The molecular weight excluding hydrogens is 737 g/mol. The molecule has 336 valence electrons. The van der Waals surface area contributed by atoms with Crippen LogP contribution in [0.5, 0.6) is 0 Å². The fourth-order valence-electron chi connectivity index (χ4n) is 6.83. The Morgan fingerprint density at radius 1 is 0.552 bits per heavy atom. The van der Waals surface area contributed by atoms with E-state index in [-0.39, 0.29) is 32.0 Å². The number of ether oxygens (including phenoxy) is 4. The van der Waals surface area contributed by atoms with Crippen LogP contribution < -0.4 is 0 Å². The highest BCUT2D eigenvalue weighted by molar-refractivity contribution is 5.70. The summed E-state index contributed by atoms with van der Waals surface area (Å²) >= 11 is 0. The van der Waals surface area contributed by atoms with Crippen LogP contribution in [0.15, 0.2) is 48.6 Å². The van der Waals surface area contributed by atoms with Crippen LogP contribution >= 0.6 is 0 Å². The van der Waals surface area contributed by atoms with E-state index in [1.807, 2.05) is 0 Å². The van der Waals surface area contributed by atoms with Crippen LogP contribution in [0.1, 0.15) is 187 Å². The Labute approximate surface area is 352 Å². The molecule has 10 nitrogen and oxygen atoms in total. The van der Waals surface area contributed by atoms with Gasteiger partial charge in [0, 0.05) is 12.8 Å². The van der Waals surface area contributed by atoms with Crippen molar-refractivity contribution in [3.63, 3.8) is 0 Å². The molecular formula is C48H84O10. The van der Waals surface area contributed by atoms with Crippen LogP contribution in [0, 0.1) is 0 Å². The predicted octanol–water partition coefficient (Wildman–Crippen LogP) is 10.1. The molecule has 0 radical (unpaired) electrons. The minimum atomic E-state index is -1.60. The van der Waals surface area contributed by atoms with Gasteiger partial charge in [-0.05, 0) is 51.4 Å². The van der Waals surface area contributed by atoms with Gasteiger partial charge in [-0.1, -0.05) is 172 Å². The molecule has 0 saturated carbocycles. The van der Waals surface area contributed by atoms with Crippen LogP contribution in [-0.2, 0) is 28.5 Å². The Hall–Kier alpha value is -2.34. The number of rotatable bonds is 38. The molecule has 0 spiro atoms. The second-order valence-electron chi connectivity index (χ2n) is 15.8. The molecule has 0 aromatic carbocycles. The second-order valence-corrected chi connectivity index (χ2v) is 15.8. The number of esters is 2. The van der Waals surface area contributed by atoms with Gasteiger partial charge in [-0.2, -0.15) is 0 Å². The van der Waals surface area contributed by atoms with Crippen molar-refractivity contribution in [1.29, 1.82) is 0 Å². The van der Waals surface area contributed by atoms with Crippen LogP contribution in [0.4, 0.5) is 0 Å². The van der Waals surface area contributed by atoms with Gasteiger partial charge in [-0.3, -0.25) is 9.59 Å². The van der Waals surface area contributed by atoms with Crippen molar-refractivity contribution in [1.82, 2.24) is 0 Å². The number of aliphatic hydroxyl groups excluding tert-OH is 4. The minimum absolute atomic E-state index is 0.178. The summed E-state index contributed by atoms with van der Waals surface area (Å²) in [6, 6.07) is 0. The Kier molecular flexibility index (Phi) is 35.9. The Morgan fingerprint density at radius 3 is 1.53 bits per heavy atom. The average molecular weight is 821 g/mol. The molecule has 1 saturated heterocycles. The van der Waals surface area contributed by atoms with Gasteiger partial charge >= 0.3 is 11.9 Å². The monoisotopic (exact) mass is 821 g/mol. The van der Waals surface area contributed by atoms with E-state index in [1.165, 1.54) is 96.3 Å². The van der Waals surface area contributed by atoms with E-state index in [0.29, 0.717) is 6.42 Å². The first-order valence-corrected chi connectivity index (χ1v) is 23.2. The summed E-state index contributed by atoms with van der Waals surface area (Å²) in [5.41, 5.74) is 0. The zero-order valence-corrected chi connectivity index (χ0v) is 36.5. The zero-order valence-electron chi connectivity index (χ0n) is 36.5. The number of unbranched alkanes of at least 4 members (excludes halogenated alkanes) is 19. The maximum Gasteiger partial charge on any atom is 0.306 e. The summed E-state index contributed by atoms with van der Waals surface area (Å²) in [5, 5.41) is 40.1. The average Bonchev–Trinajstić information content (AvgIpc) is 3.22. The van der Waals surface area contributed by atoms with Gasteiger partial charge < -0.3 is 39.4 Å². The van der Waals surface area contributed by atoms with Gasteiger partial charge in [0.2, 0.25) is 0 Å². The second kappa shape index (κ2) is 38.8. The molecule has 0 aromatic heterocycles. The van der Waals surface area contributed by atoms with Crippen molar-refractivity contribution >= 4 is 11.9 Å². The van der Waals surface area contributed by atoms with Crippen LogP contribution in [0.3, 0.4) is 0 Å². The molecule has 1 fully saturated rings. The first kappa shape index (κ1) is 53.7. The third-order valence-electron chi connectivity index (χ3n) is 10.5. The van der Waals surface area contributed by atoms with E-state index in [0.717, 1.165) is 57.8 Å². The van der Waals surface area contributed by atoms with E-state index in [4.69, 9.17) is 18.9 Å². The Morgan fingerprint density at radius 2 is 1.02 bits per heavy atom. The topological polar surface area (TPSA) is 152 Å². The van der Waals surface area contributed by atoms with E-state index in [2.05, 4.69) is 62.5 Å². The largest absolute Gasteiger partial charge is 0.462 e. The maximum absolute atomic E-state index is 12.8. The predicted molar refractivity (Wildman–Crippen MR) is 233 cm³/mol. The zero-order chi connectivity index (χ0) is 42.3. The summed E-state index contributed by atoms with van der Waals surface area (Å²) in [6.45, 7) is 3.28. The fraction of sp³-hybridized carbons (Fsp3) is 0.792. The summed E-state index contributed by atoms with van der Waals surface area (Å²) in [4.78, 5) is 25.3. The Balaban J connectivity index is 2.33. The number of hydrogen-bond donors (Lipinski definition) is 4. The van der Waals surface area contributed by atoms with Gasteiger partial charge in [0.25, 0.3) is 0 Å². The smallest absolute Gasteiger partial charge is 0.306 e. The number of allylic oxidation sites excluding steroid dienone is 8. The van der Waals surface area contributed by atoms with Crippen LogP contribution in [0.2, 0.25) is 0 Å². The maximum atomic E-state index is 12.8. The molecule has 1 aliphatic heterocycles. The highest BCUT2D eigenvalue weighted by atomic mass is 16.7. The molecule has 0 bridgehead atoms. The SMILES string of the molecule is CC/C=C/C/C=C/C/C=C/C/C=C/CCCCC(=O)O[C@@H](COC(=O)CCCCCCCCCCCCCCCCCCCC)CO[C@H]1O[C@@H](CO)[C@@H](O)C(O)C1O. The van der Waals surface area contributed by atoms with E-state index in [1.54, 1.807) is 0 Å². The van der Waals surface area contributed by atoms with Crippen LogP contribution in [-0.4, -0.2) is 89.0 Å². The summed E-state index contributed by atoms with van der Waals surface area (Å²) < 4.78 is 22.1. The fourth-order valence-corrected chi connectivity index (χ4v) is 6.83. The lowest BCUT2D eigenvalue weighted by Crippen LogP contribution is -2.59. The van der Waals surface area contributed by atoms with Gasteiger partial charge in [-0.25, -0.2) is 0 Å². The van der Waals surface area contributed by atoms with Gasteiger partial charge in [-0.15, -0.1) is 0 Å². The number of carbonyl (C=O) groups excluding carboxylic acids is 2. The Bertz CT molecular complexity index is 1090. The first-order chi connectivity index (χ1) is 28.3. The van der Waals surface area contributed by atoms with Crippen molar-refractivity contribution < 1.29 is 49.0 Å². The third-order valence-corrected chi connectivity index (χ3v) is 10.5. The van der Waals surface area contributed by atoms with Gasteiger partial charge in [0.15, 0.2) is 12.4 Å². The molecule has 1 aliphatic rings. The molecule has 1 rings (SSSR count). The lowest BCUT2D eigenvalue weighted by atomic mass is 9.99. The summed E-state index contributed by atoms with van der Waals surface area (Å²) in [6.07, 6.45) is 38.4. The first-order valence-electron chi connectivity index (χ1n) is 23.2. The number of carbonyl (C=O) groups is 2. The minimum Gasteiger partial charge on any atom is -0.462 e. The molecule has 2 unspecified atom stereocenters. The number of aliphatic hydroxyl groups is 4. The quantitative estimate of drug-likeness (QED) is 0.0269. The normalized spacial score (nSPS) is 20.6. The molecule has 4 N–H and O–H groups in total. The molecule has 6 atom stereocenters. The van der Waals surface area contributed by atoms with E-state index in [9.17, 15) is 30.0 Å². The standard InChI is InChI=1S/C48H84O10/c1-3-5-7-9-11-13-15-17-19-20-21-23-24-26-28-30-32-34-36-43(50)55-39-41(40-56-48-47(54)46(53)45(52)42(38-49)58-48)57-44(51)37-35-33-31-29-27-25-22-18-16-14-12-10-8-6-4-2/h6,8,12,14,18,22,27,29,41-42,45-49,52-54H,3-5,7,9-11,13,15-17,19-21,23-26,28,30-40H2,1-2H3/b8-6+,14-12+,22-18+,29-27+/t41-,42-,45+,46?,47?,48-/m0/s1. The highest BCUT2D eigenvalue weighted by Gasteiger charge is 2.44. The lowest BCUT2D eigenvalue weighted by molar-refractivity contribution is -0.305. The van der Waals surface area contributed by atoms with Crippen molar-refractivity contribution in [3.05, 3.63) is 48.6 Å². The molecule has 10 heteroatoms. The van der Waals surface area contributed by atoms with Crippen LogP contribution in [0.25, 0.3) is 0 Å². The molecule has 0 aromatic rings.